The highest BCUT2D eigenvalue weighted by Crippen LogP contribution is 2.11. The van der Waals surface area contributed by atoms with Gasteiger partial charge >= 0.3 is 11.9 Å². The minimum absolute atomic E-state index is 0.379. The molecule has 0 aliphatic rings. The Kier molecular flexibility index (Phi) is 5.26. The van der Waals surface area contributed by atoms with Crippen LogP contribution in [0.1, 0.15) is 20.0 Å². The molecule has 0 aliphatic heterocycles. The summed E-state index contributed by atoms with van der Waals surface area (Å²) >= 11 is 1.24. The summed E-state index contributed by atoms with van der Waals surface area (Å²) in [6, 6.07) is 9.52. The van der Waals surface area contributed by atoms with Gasteiger partial charge in [-0.1, -0.05) is 6.07 Å². The second kappa shape index (κ2) is 7.37. The molecule has 0 bridgehead atoms. The molecular formula is C15H13NO5S. The van der Waals surface area contributed by atoms with Crippen LogP contribution in [0.3, 0.4) is 0 Å². The van der Waals surface area contributed by atoms with Crippen molar-refractivity contribution >= 4 is 34.9 Å². The van der Waals surface area contributed by atoms with Crippen molar-refractivity contribution in [3.05, 3.63) is 52.2 Å². The lowest BCUT2D eigenvalue weighted by Gasteiger charge is -2.06. The highest BCUT2D eigenvalue weighted by atomic mass is 32.1. The van der Waals surface area contributed by atoms with Crippen LogP contribution in [0.2, 0.25) is 0 Å². The Balaban J connectivity index is 1.84. The van der Waals surface area contributed by atoms with Crippen LogP contribution in [0, 0.1) is 0 Å². The maximum atomic E-state index is 11.7. The number of thiophene rings is 1. The number of hydrogen-bond acceptors (Lipinski definition) is 6. The lowest BCUT2D eigenvalue weighted by Crippen LogP contribution is -2.20. The normalized spacial score (nSPS) is 9.86. The Labute approximate surface area is 130 Å². The summed E-state index contributed by atoms with van der Waals surface area (Å²) < 4.78 is 9.46. The van der Waals surface area contributed by atoms with Crippen LogP contribution in [-0.4, -0.2) is 31.6 Å². The Morgan fingerprint density at radius 3 is 2.41 bits per heavy atom. The maximum absolute atomic E-state index is 11.7. The number of rotatable bonds is 5. The van der Waals surface area contributed by atoms with E-state index in [0.717, 1.165) is 0 Å². The number of carbonyl (C=O) groups is 3. The molecule has 1 heterocycles. The number of esters is 2. The van der Waals surface area contributed by atoms with E-state index >= 15 is 0 Å². The van der Waals surface area contributed by atoms with Crippen LogP contribution in [0.4, 0.5) is 5.69 Å². The number of amides is 1. The molecule has 1 aromatic heterocycles. The van der Waals surface area contributed by atoms with Crippen LogP contribution in [-0.2, 0) is 14.3 Å². The number of nitrogens with one attached hydrogen (secondary N) is 1. The molecule has 114 valence electrons. The van der Waals surface area contributed by atoms with Crippen LogP contribution >= 0.6 is 11.3 Å². The molecule has 2 aromatic rings. The summed E-state index contributed by atoms with van der Waals surface area (Å²) in [6.07, 6.45) is 0. The average molecular weight is 319 g/mol. The van der Waals surface area contributed by atoms with Gasteiger partial charge in [-0.25, -0.2) is 9.59 Å². The van der Waals surface area contributed by atoms with E-state index in [4.69, 9.17) is 4.74 Å². The monoisotopic (exact) mass is 319 g/mol. The number of anilines is 1. The van der Waals surface area contributed by atoms with E-state index in [9.17, 15) is 14.4 Å². The van der Waals surface area contributed by atoms with Gasteiger partial charge in [0, 0.05) is 5.69 Å². The Bertz CT molecular complexity index is 664. The molecule has 0 saturated carbocycles. The van der Waals surface area contributed by atoms with Gasteiger partial charge in [0.1, 0.15) is 4.88 Å². The molecule has 0 saturated heterocycles. The fourth-order valence-electron chi connectivity index (χ4n) is 1.60. The zero-order valence-corrected chi connectivity index (χ0v) is 12.5. The summed E-state index contributed by atoms with van der Waals surface area (Å²) in [5.74, 6) is -1.45. The molecule has 0 atom stereocenters. The second-order valence-corrected chi connectivity index (χ2v) is 5.12. The highest BCUT2D eigenvalue weighted by Gasteiger charge is 2.11. The molecule has 6 nitrogen and oxygen atoms in total. The predicted octanol–water partition coefficient (Wildman–Crippen LogP) is 2.33. The van der Waals surface area contributed by atoms with E-state index in [2.05, 4.69) is 10.1 Å². The number of benzene rings is 1. The zero-order chi connectivity index (χ0) is 15.9. The smallest absolute Gasteiger partial charge is 0.348 e. The maximum Gasteiger partial charge on any atom is 0.348 e. The minimum atomic E-state index is -0.536. The molecule has 7 heteroatoms. The summed E-state index contributed by atoms with van der Waals surface area (Å²) in [5.41, 5.74) is 0.870. The molecule has 0 aliphatic carbocycles. The van der Waals surface area contributed by atoms with Gasteiger partial charge in [-0.15, -0.1) is 11.3 Å². The number of carbonyl (C=O) groups excluding carboxylic acids is 3. The summed E-state index contributed by atoms with van der Waals surface area (Å²) in [5, 5.41) is 4.31. The van der Waals surface area contributed by atoms with Crippen LogP contribution in [0.15, 0.2) is 41.8 Å². The van der Waals surface area contributed by atoms with E-state index in [0.29, 0.717) is 16.1 Å². The van der Waals surface area contributed by atoms with Crippen molar-refractivity contribution in [1.82, 2.24) is 0 Å². The molecule has 1 N–H and O–H groups in total. The Hall–Kier alpha value is -2.67. The van der Waals surface area contributed by atoms with Gasteiger partial charge in [-0.05, 0) is 35.7 Å². The molecule has 0 radical (unpaired) electrons. The van der Waals surface area contributed by atoms with Gasteiger partial charge in [0.2, 0.25) is 0 Å². The molecule has 0 unspecified atom stereocenters. The fourth-order valence-corrected chi connectivity index (χ4v) is 2.22. The minimum Gasteiger partial charge on any atom is -0.465 e. The standard InChI is InChI=1S/C15H13NO5S/c1-20-14(18)10-4-6-11(7-5-10)16-13(17)9-21-15(19)12-3-2-8-22-12/h2-8H,9H2,1H3,(H,16,17). The van der Waals surface area contributed by atoms with Crippen molar-refractivity contribution in [3.8, 4) is 0 Å². The van der Waals surface area contributed by atoms with Gasteiger partial charge in [0.15, 0.2) is 6.61 Å². The predicted molar refractivity (Wildman–Crippen MR) is 81.0 cm³/mol. The third kappa shape index (κ3) is 4.16. The summed E-state index contributed by atoms with van der Waals surface area (Å²) in [6.45, 7) is -0.379. The third-order valence-electron chi connectivity index (χ3n) is 2.65. The van der Waals surface area contributed by atoms with Gasteiger partial charge in [-0.2, -0.15) is 0 Å². The van der Waals surface area contributed by atoms with Crippen molar-refractivity contribution in [3.63, 3.8) is 0 Å². The van der Waals surface area contributed by atoms with Crippen molar-refractivity contribution in [2.24, 2.45) is 0 Å². The van der Waals surface area contributed by atoms with Crippen LogP contribution < -0.4 is 5.32 Å². The quantitative estimate of drug-likeness (QED) is 0.855. The van der Waals surface area contributed by atoms with Crippen molar-refractivity contribution < 1.29 is 23.9 Å². The highest BCUT2D eigenvalue weighted by molar-refractivity contribution is 7.11. The first-order valence-electron chi connectivity index (χ1n) is 6.29. The topological polar surface area (TPSA) is 81.7 Å². The second-order valence-electron chi connectivity index (χ2n) is 4.17. The average Bonchev–Trinajstić information content (AvgIpc) is 3.07. The number of methoxy groups -OCH3 is 1. The van der Waals surface area contributed by atoms with E-state index in [1.54, 1.807) is 29.6 Å². The van der Waals surface area contributed by atoms with E-state index in [-0.39, 0.29) is 6.61 Å². The number of hydrogen-bond donors (Lipinski definition) is 1. The van der Waals surface area contributed by atoms with Gasteiger partial charge < -0.3 is 14.8 Å². The molecule has 22 heavy (non-hydrogen) atoms. The van der Waals surface area contributed by atoms with Crippen LogP contribution in [0.25, 0.3) is 0 Å². The SMILES string of the molecule is COC(=O)c1ccc(NC(=O)COC(=O)c2cccs2)cc1. The Morgan fingerprint density at radius 2 is 1.82 bits per heavy atom. The number of ether oxygens (including phenoxy) is 2. The lowest BCUT2D eigenvalue weighted by atomic mass is 10.2. The Morgan fingerprint density at radius 1 is 1.09 bits per heavy atom. The first kappa shape index (κ1) is 15.7. The van der Waals surface area contributed by atoms with Crippen molar-refractivity contribution in [1.29, 1.82) is 0 Å². The molecule has 0 fully saturated rings. The molecule has 1 aromatic carbocycles. The molecule has 0 spiro atoms. The van der Waals surface area contributed by atoms with E-state index in [1.165, 1.54) is 30.6 Å². The first-order chi connectivity index (χ1) is 10.6. The molecule has 1 amide bonds. The third-order valence-corrected chi connectivity index (χ3v) is 3.50. The van der Waals surface area contributed by atoms with Gasteiger partial charge in [0.25, 0.3) is 5.91 Å². The van der Waals surface area contributed by atoms with Crippen LogP contribution in [0.5, 0.6) is 0 Å². The van der Waals surface area contributed by atoms with Crippen molar-refractivity contribution in [2.45, 2.75) is 0 Å². The van der Waals surface area contributed by atoms with Gasteiger partial charge in [-0.3, -0.25) is 4.79 Å². The van der Waals surface area contributed by atoms with Gasteiger partial charge in [0.05, 0.1) is 12.7 Å². The largest absolute Gasteiger partial charge is 0.465 e. The van der Waals surface area contributed by atoms with Crippen molar-refractivity contribution in [2.75, 3.05) is 19.0 Å². The fraction of sp³-hybridized carbons (Fsp3) is 0.133. The zero-order valence-electron chi connectivity index (χ0n) is 11.7. The first-order valence-corrected chi connectivity index (χ1v) is 7.17. The summed E-state index contributed by atoms with van der Waals surface area (Å²) in [4.78, 5) is 35.0. The van der Waals surface area contributed by atoms with E-state index in [1.807, 2.05) is 0 Å². The molecule has 2 rings (SSSR count). The summed E-state index contributed by atoms with van der Waals surface area (Å²) in [7, 11) is 1.29. The lowest BCUT2D eigenvalue weighted by molar-refractivity contribution is -0.119. The molecular weight excluding hydrogens is 306 g/mol. The van der Waals surface area contributed by atoms with E-state index < -0.39 is 17.8 Å².